The summed E-state index contributed by atoms with van der Waals surface area (Å²) in [4.78, 5) is 0. The van der Waals surface area contributed by atoms with Crippen LogP contribution in [0.4, 0.5) is 0 Å². The molecule has 2 aliphatic carbocycles. The molecule has 0 atom stereocenters. The Morgan fingerprint density at radius 1 is 0.565 bits per heavy atom. The summed E-state index contributed by atoms with van der Waals surface area (Å²) in [5, 5.41) is 0. The molecule has 0 fully saturated rings. The van der Waals surface area contributed by atoms with Gasteiger partial charge in [0, 0.05) is 0 Å². The SMILES string of the molecule is C1=CC(c2ccccc2)=[C]([Fe][C]2=C(c3ccccc3)C=CC2)C1. The first kappa shape index (κ1) is 14.5. The summed E-state index contributed by atoms with van der Waals surface area (Å²) >= 11 is 1.08. The summed E-state index contributed by atoms with van der Waals surface area (Å²) in [5.41, 5.74) is 5.50. The van der Waals surface area contributed by atoms with E-state index in [9.17, 15) is 0 Å². The van der Waals surface area contributed by atoms with Crippen LogP contribution in [-0.4, -0.2) is 0 Å². The fourth-order valence-electron chi connectivity index (χ4n) is 2.98. The molecule has 4 rings (SSSR count). The number of hydrogen-bond donors (Lipinski definition) is 0. The van der Waals surface area contributed by atoms with Gasteiger partial charge in [0.15, 0.2) is 0 Å². The molecule has 0 amide bonds. The summed E-state index contributed by atoms with van der Waals surface area (Å²) in [6, 6.07) is 21.5. The molecule has 0 bridgehead atoms. The Morgan fingerprint density at radius 2 is 1.00 bits per heavy atom. The van der Waals surface area contributed by atoms with Gasteiger partial charge in [-0.25, -0.2) is 0 Å². The number of benzene rings is 2. The van der Waals surface area contributed by atoms with Crippen molar-refractivity contribution in [1.82, 2.24) is 0 Å². The van der Waals surface area contributed by atoms with E-state index in [1.165, 1.54) is 22.3 Å². The van der Waals surface area contributed by atoms with Gasteiger partial charge in [0.25, 0.3) is 0 Å². The molecule has 0 aliphatic heterocycles. The standard InChI is InChI=1S/2C11H9.Fe/c2*1-2-6-10(7-3-1)11-8-4-5-9-11;/h2*1-4,6-8H,5H2;. The Morgan fingerprint density at radius 3 is 1.43 bits per heavy atom. The molecule has 0 aromatic heterocycles. The summed E-state index contributed by atoms with van der Waals surface area (Å²) in [6.07, 6.45) is 11.3. The van der Waals surface area contributed by atoms with Crippen molar-refractivity contribution in [3.05, 3.63) is 105 Å². The van der Waals surface area contributed by atoms with Gasteiger partial charge in [0.05, 0.1) is 0 Å². The van der Waals surface area contributed by atoms with Gasteiger partial charge in [-0.1, -0.05) is 0 Å². The Labute approximate surface area is 144 Å². The normalized spacial score (nSPS) is 16.9. The Kier molecular flexibility index (Phi) is 4.15. The van der Waals surface area contributed by atoms with Crippen LogP contribution in [0.1, 0.15) is 24.0 Å². The summed E-state index contributed by atoms with van der Waals surface area (Å²) in [5.74, 6) is 0. The van der Waals surface area contributed by atoms with Gasteiger partial charge in [-0.05, 0) is 0 Å². The maximum absolute atomic E-state index is 2.29. The van der Waals surface area contributed by atoms with Gasteiger partial charge in [-0.15, -0.1) is 0 Å². The van der Waals surface area contributed by atoms with E-state index in [4.69, 9.17) is 0 Å². The molecule has 1 heteroatoms. The molecule has 0 radical (unpaired) electrons. The van der Waals surface area contributed by atoms with Crippen molar-refractivity contribution < 1.29 is 15.0 Å². The van der Waals surface area contributed by atoms with Crippen molar-refractivity contribution in [2.75, 3.05) is 0 Å². The maximum atomic E-state index is 2.29. The third-order valence-corrected chi connectivity index (χ3v) is 5.82. The van der Waals surface area contributed by atoms with E-state index in [1.807, 2.05) is 0 Å². The zero-order valence-corrected chi connectivity index (χ0v) is 14.0. The van der Waals surface area contributed by atoms with E-state index < -0.39 is 0 Å². The minimum absolute atomic E-state index is 1.08. The molecule has 2 aromatic carbocycles. The van der Waals surface area contributed by atoms with Crippen molar-refractivity contribution in [2.24, 2.45) is 0 Å². The average Bonchev–Trinajstić information content (AvgIpc) is 3.26. The molecule has 2 aromatic rings. The van der Waals surface area contributed by atoms with Crippen LogP contribution in [-0.2, 0) is 15.0 Å². The van der Waals surface area contributed by atoms with Crippen molar-refractivity contribution >= 4 is 11.1 Å². The van der Waals surface area contributed by atoms with Crippen molar-refractivity contribution in [3.8, 4) is 0 Å². The Bertz CT molecular complexity index is 749. The molecule has 23 heavy (non-hydrogen) atoms. The van der Waals surface area contributed by atoms with Gasteiger partial charge in [0.2, 0.25) is 0 Å². The van der Waals surface area contributed by atoms with Crippen LogP contribution in [0.5, 0.6) is 0 Å². The third-order valence-electron chi connectivity index (χ3n) is 4.11. The van der Waals surface area contributed by atoms with Crippen molar-refractivity contribution in [1.29, 1.82) is 0 Å². The van der Waals surface area contributed by atoms with Crippen LogP contribution < -0.4 is 0 Å². The molecule has 0 heterocycles. The summed E-state index contributed by atoms with van der Waals surface area (Å²) in [6.45, 7) is 0. The average molecular weight is 338 g/mol. The van der Waals surface area contributed by atoms with Crippen LogP contribution in [0.3, 0.4) is 0 Å². The molecule has 114 valence electrons. The van der Waals surface area contributed by atoms with Crippen LogP contribution >= 0.6 is 0 Å². The van der Waals surface area contributed by atoms with E-state index in [2.05, 4.69) is 85.0 Å². The van der Waals surface area contributed by atoms with Crippen LogP contribution in [0.2, 0.25) is 0 Å². The minimum atomic E-state index is 1.08. The first-order chi connectivity index (χ1) is 11.4. The van der Waals surface area contributed by atoms with E-state index in [0.717, 1.165) is 27.8 Å². The quantitative estimate of drug-likeness (QED) is 0.617. The topological polar surface area (TPSA) is 0 Å². The zero-order valence-electron chi connectivity index (χ0n) is 12.9. The zero-order chi connectivity index (χ0) is 15.5. The second kappa shape index (κ2) is 6.58. The molecule has 0 N–H and O–H groups in total. The fourth-order valence-corrected chi connectivity index (χ4v) is 4.67. The van der Waals surface area contributed by atoms with Crippen molar-refractivity contribution in [3.63, 3.8) is 0 Å². The molecular formula is C22H18Fe. The van der Waals surface area contributed by atoms with Gasteiger partial charge >= 0.3 is 144 Å². The predicted molar refractivity (Wildman–Crippen MR) is 94.2 cm³/mol. The number of allylic oxidation sites excluding steroid dienone is 8. The molecular weight excluding hydrogens is 320 g/mol. The van der Waals surface area contributed by atoms with Crippen LogP contribution in [0, 0.1) is 0 Å². The second-order valence-electron chi connectivity index (χ2n) is 5.64. The predicted octanol–water partition coefficient (Wildman–Crippen LogP) is 5.81. The molecule has 0 saturated carbocycles. The van der Waals surface area contributed by atoms with Gasteiger partial charge in [0.1, 0.15) is 0 Å². The molecule has 0 nitrogen and oxygen atoms in total. The first-order valence-corrected chi connectivity index (χ1v) is 9.05. The monoisotopic (exact) mass is 338 g/mol. The van der Waals surface area contributed by atoms with E-state index in [0.29, 0.717) is 0 Å². The van der Waals surface area contributed by atoms with E-state index in [-0.39, 0.29) is 0 Å². The third kappa shape index (κ3) is 3.03. The van der Waals surface area contributed by atoms with E-state index in [1.54, 1.807) is 8.94 Å². The van der Waals surface area contributed by atoms with Crippen molar-refractivity contribution in [2.45, 2.75) is 12.8 Å². The Balaban J connectivity index is 1.67. The first-order valence-electron chi connectivity index (χ1n) is 7.94. The number of rotatable bonds is 4. The molecule has 2 aliphatic rings. The number of hydrogen-bond acceptors (Lipinski definition) is 0. The second-order valence-corrected chi connectivity index (χ2v) is 7.25. The Hall–Kier alpha value is -2.08. The molecule has 0 spiro atoms. The van der Waals surface area contributed by atoms with E-state index >= 15 is 0 Å². The van der Waals surface area contributed by atoms with Crippen LogP contribution in [0.15, 0.2) is 93.9 Å². The van der Waals surface area contributed by atoms with Gasteiger partial charge in [-0.2, -0.15) is 0 Å². The molecule has 0 saturated heterocycles. The summed E-state index contributed by atoms with van der Waals surface area (Å²) < 4.78 is 3.09. The molecule has 0 unspecified atom stereocenters. The fraction of sp³-hybridized carbons (Fsp3) is 0.0909. The summed E-state index contributed by atoms with van der Waals surface area (Å²) in [7, 11) is 0. The van der Waals surface area contributed by atoms with Gasteiger partial charge in [-0.3, -0.25) is 0 Å². The van der Waals surface area contributed by atoms with Gasteiger partial charge < -0.3 is 0 Å². The van der Waals surface area contributed by atoms with Crippen LogP contribution in [0.25, 0.3) is 11.1 Å².